The van der Waals surface area contributed by atoms with Crippen molar-refractivity contribution >= 4 is 43.1 Å². The molecule has 110 valence electrons. The third-order valence-electron chi connectivity index (χ3n) is 4.52. The summed E-state index contributed by atoms with van der Waals surface area (Å²) in [5, 5.41) is 10.4. The number of benzene rings is 5. The first-order valence-corrected chi connectivity index (χ1v) is 7.62. The van der Waals surface area contributed by atoms with Gasteiger partial charge >= 0.3 is 19.5 Å². The van der Waals surface area contributed by atoms with Crippen molar-refractivity contribution in [1.82, 2.24) is 0 Å². The molecule has 0 N–H and O–H groups in total. The largest absolute Gasteiger partial charge is 2.00 e. The normalized spacial score (nSPS) is 10.7. The molecule has 0 heterocycles. The van der Waals surface area contributed by atoms with Crippen molar-refractivity contribution in [2.24, 2.45) is 0 Å². The fraction of sp³-hybridized carbons (Fsp3) is 0. The summed E-state index contributed by atoms with van der Waals surface area (Å²) in [6.07, 6.45) is 0. The van der Waals surface area contributed by atoms with Crippen LogP contribution in [-0.2, 0) is 25.0 Å². The maximum Gasteiger partial charge on any atom is 2.00 e. The van der Waals surface area contributed by atoms with Crippen molar-refractivity contribution < 1.29 is 25.0 Å². The van der Waals surface area contributed by atoms with Gasteiger partial charge in [0.2, 0.25) is 0 Å². The van der Waals surface area contributed by atoms with Gasteiger partial charge in [-0.05, 0) is 79.5 Å². The van der Waals surface area contributed by atoms with Gasteiger partial charge in [-0.25, -0.2) is 0 Å². The first kappa shape index (κ1) is 16.6. The predicted octanol–water partition coefficient (Wildman–Crippen LogP) is 6.18. The Kier molecular flexibility index (Phi) is 4.36. The van der Waals surface area contributed by atoms with Gasteiger partial charge in [0.25, 0.3) is 0 Å². The average molecular weight is 360 g/mol. The molecule has 0 radical (unpaired) electrons. The molecule has 2 heteroatoms. The Morgan fingerprint density at radius 1 is 0.333 bits per heavy atom. The van der Waals surface area contributed by atoms with E-state index in [1.54, 1.807) is 0 Å². The second kappa shape index (κ2) is 6.32. The van der Waals surface area contributed by atoms with E-state index in [9.17, 15) is 0 Å². The zero-order chi connectivity index (χ0) is 14.5. The van der Waals surface area contributed by atoms with Crippen molar-refractivity contribution in [3.63, 3.8) is 0 Å². The van der Waals surface area contributed by atoms with Crippen LogP contribution in [0.3, 0.4) is 0 Å². The second-order valence-corrected chi connectivity index (χ2v) is 5.95. The maximum atomic E-state index is 2.31. The minimum atomic E-state index is 0. The molecule has 0 aliphatic carbocycles. The Balaban J connectivity index is 0.000000845. The molecular weight excluding hydrogens is 346 g/mol. The SMILES string of the molecule is [O-2].[Zn+2].c1ccc2cc3cc4cc5ccccc5cc4cc3cc2c1. The maximum absolute atomic E-state index is 2.31. The van der Waals surface area contributed by atoms with Crippen LogP contribution in [0.5, 0.6) is 0 Å². The molecule has 0 aromatic heterocycles. The van der Waals surface area contributed by atoms with E-state index in [-0.39, 0.29) is 25.0 Å². The van der Waals surface area contributed by atoms with Crippen molar-refractivity contribution in [3.8, 4) is 0 Å². The summed E-state index contributed by atoms with van der Waals surface area (Å²) < 4.78 is 0. The summed E-state index contributed by atoms with van der Waals surface area (Å²) in [4.78, 5) is 0. The molecule has 0 fully saturated rings. The van der Waals surface area contributed by atoms with Gasteiger partial charge in [0.1, 0.15) is 0 Å². The summed E-state index contributed by atoms with van der Waals surface area (Å²) >= 11 is 0. The van der Waals surface area contributed by atoms with Gasteiger partial charge in [0.15, 0.2) is 0 Å². The van der Waals surface area contributed by atoms with Gasteiger partial charge in [0.05, 0.1) is 0 Å². The van der Waals surface area contributed by atoms with E-state index in [0.717, 1.165) is 0 Å². The van der Waals surface area contributed by atoms with Gasteiger partial charge in [-0.1, -0.05) is 48.5 Å². The van der Waals surface area contributed by atoms with Gasteiger partial charge in [-0.15, -0.1) is 0 Å². The van der Waals surface area contributed by atoms with Crippen LogP contribution in [0.15, 0.2) is 84.9 Å². The summed E-state index contributed by atoms with van der Waals surface area (Å²) in [6, 6.07) is 30.9. The summed E-state index contributed by atoms with van der Waals surface area (Å²) in [5.74, 6) is 0. The number of hydrogen-bond acceptors (Lipinski definition) is 0. The molecule has 5 aromatic rings. The zero-order valence-corrected chi connectivity index (χ0v) is 16.2. The molecule has 0 saturated carbocycles. The molecule has 5 aromatic carbocycles. The van der Waals surface area contributed by atoms with Crippen LogP contribution < -0.4 is 0 Å². The fourth-order valence-corrected chi connectivity index (χ4v) is 3.39. The minimum absolute atomic E-state index is 0. The number of fused-ring (bicyclic) bond motifs is 4. The van der Waals surface area contributed by atoms with Crippen molar-refractivity contribution in [3.05, 3.63) is 84.9 Å². The molecule has 0 atom stereocenters. The first-order valence-electron chi connectivity index (χ1n) is 7.62. The Hall–Kier alpha value is -2.28. The van der Waals surface area contributed by atoms with Crippen molar-refractivity contribution in [1.29, 1.82) is 0 Å². The molecule has 0 aliphatic rings. The quantitative estimate of drug-likeness (QED) is 0.233. The Morgan fingerprint density at radius 3 is 0.792 bits per heavy atom. The second-order valence-electron chi connectivity index (χ2n) is 5.95. The molecule has 5 rings (SSSR count). The van der Waals surface area contributed by atoms with Crippen LogP contribution in [0.1, 0.15) is 0 Å². The van der Waals surface area contributed by atoms with Crippen molar-refractivity contribution in [2.45, 2.75) is 0 Å². The van der Waals surface area contributed by atoms with Crippen LogP contribution in [-0.4, -0.2) is 0 Å². The van der Waals surface area contributed by atoms with Crippen LogP contribution in [0.4, 0.5) is 0 Å². The van der Waals surface area contributed by atoms with E-state index in [4.69, 9.17) is 0 Å². The fourth-order valence-electron chi connectivity index (χ4n) is 3.39. The first-order chi connectivity index (χ1) is 10.9. The average Bonchev–Trinajstić information content (AvgIpc) is 2.56. The molecule has 0 amide bonds. The molecule has 1 nitrogen and oxygen atoms in total. The zero-order valence-electron chi connectivity index (χ0n) is 13.2. The molecule has 0 spiro atoms. The Labute approximate surface area is 153 Å². The van der Waals surface area contributed by atoms with E-state index in [0.29, 0.717) is 0 Å². The molecule has 0 unspecified atom stereocenters. The number of rotatable bonds is 0. The summed E-state index contributed by atoms with van der Waals surface area (Å²) in [6.45, 7) is 0. The monoisotopic (exact) mass is 358 g/mol. The van der Waals surface area contributed by atoms with Crippen LogP contribution >= 0.6 is 0 Å². The molecule has 0 aliphatic heterocycles. The molecule has 24 heavy (non-hydrogen) atoms. The van der Waals surface area contributed by atoms with E-state index < -0.39 is 0 Å². The smallest absolute Gasteiger partial charge is 2.00 e. The summed E-state index contributed by atoms with van der Waals surface area (Å²) in [5.41, 5.74) is 0. The molecule has 0 saturated heterocycles. The standard InChI is InChI=1S/C22H14.O.Zn/c1-2-6-16-10-20-14-22-12-18-8-4-3-7-17(18)11-21(22)13-19(20)9-15(16)5-1;;/h1-14H;;/q;-2;+2. The van der Waals surface area contributed by atoms with Gasteiger partial charge in [0, 0.05) is 0 Å². The van der Waals surface area contributed by atoms with E-state index in [1.165, 1.54) is 43.1 Å². The minimum Gasteiger partial charge on any atom is -2.00 e. The van der Waals surface area contributed by atoms with Crippen LogP contribution in [0, 0.1) is 0 Å². The van der Waals surface area contributed by atoms with Gasteiger partial charge in [-0.3, -0.25) is 0 Å². The van der Waals surface area contributed by atoms with E-state index in [2.05, 4.69) is 84.9 Å². The third kappa shape index (κ3) is 2.58. The van der Waals surface area contributed by atoms with E-state index in [1.807, 2.05) is 0 Å². The number of hydrogen-bond donors (Lipinski definition) is 0. The summed E-state index contributed by atoms with van der Waals surface area (Å²) in [7, 11) is 0. The molecular formula is C22H14OZn. The topological polar surface area (TPSA) is 28.5 Å². The Morgan fingerprint density at radius 2 is 0.542 bits per heavy atom. The van der Waals surface area contributed by atoms with Crippen LogP contribution in [0.25, 0.3) is 43.1 Å². The molecule has 0 bridgehead atoms. The third-order valence-corrected chi connectivity index (χ3v) is 4.52. The van der Waals surface area contributed by atoms with Crippen molar-refractivity contribution in [2.75, 3.05) is 0 Å². The van der Waals surface area contributed by atoms with Crippen LogP contribution in [0.2, 0.25) is 0 Å². The Bertz CT molecular complexity index is 994. The van der Waals surface area contributed by atoms with E-state index >= 15 is 0 Å². The van der Waals surface area contributed by atoms with Gasteiger partial charge in [-0.2, -0.15) is 0 Å². The van der Waals surface area contributed by atoms with Gasteiger partial charge < -0.3 is 5.48 Å². The predicted molar refractivity (Wildman–Crippen MR) is 97.2 cm³/mol.